The molecule has 3 heteroatoms. The third-order valence-corrected chi connectivity index (χ3v) is 5.36. The van der Waals surface area contributed by atoms with Gasteiger partial charge in [-0.25, -0.2) is 0 Å². The Morgan fingerprint density at radius 2 is 1.95 bits per heavy atom. The van der Waals surface area contributed by atoms with Crippen LogP contribution in [0, 0.1) is 0 Å². The van der Waals surface area contributed by atoms with Crippen LogP contribution in [0.2, 0.25) is 0 Å². The Balaban J connectivity index is 2.07. The molecule has 3 rings (SSSR count). The quantitative estimate of drug-likeness (QED) is 0.869. The van der Waals surface area contributed by atoms with E-state index in [4.69, 9.17) is 10.5 Å². The highest BCUT2D eigenvalue weighted by atomic mass is 16.5. The zero-order valence-corrected chi connectivity index (χ0v) is 12.1. The Bertz CT molecular complexity index is 466. The van der Waals surface area contributed by atoms with Gasteiger partial charge in [0.1, 0.15) is 0 Å². The van der Waals surface area contributed by atoms with E-state index < -0.39 is 5.60 Å². The van der Waals surface area contributed by atoms with Crippen molar-refractivity contribution in [3.63, 3.8) is 0 Å². The summed E-state index contributed by atoms with van der Waals surface area (Å²) in [6.45, 7) is 1.91. The molecule has 1 heterocycles. The van der Waals surface area contributed by atoms with Crippen molar-refractivity contribution in [2.24, 2.45) is 5.73 Å². The number of benzene rings is 1. The molecule has 0 aromatic heterocycles. The molecule has 0 saturated carbocycles. The van der Waals surface area contributed by atoms with Gasteiger partial charge in [-0.1, -0.05) is 24.3 Å². The van der Waals surface area contributed by atoms with Crippen LogP contribution in [0.25, 0.3) is 0 Å². The highest BCUT2D eigenvalue weighted by molar-refractivity contribution is 5.40. The van der Waals surface area contributed by atoms with E-state index in [9.17, 15) is 5.11 Å². The molecule has 2 unspecified atom stereocenters. The molecule has 3 nitrogen and oxygen atoms in total. The standard InChI is InChI=1S/C17H25NO2/c18-13-16(17(19)9-4-11-20-12-10-17)8-3-6-14-5-1-2-7-15(14)16/h1-2,5,7,19H,3-4,6,8-13,18H2. The summed E-state index contributed by atoms with van der Waals surface area (Å²) in [5.74, 6) is 0. The zero-order chi connectivity index (χ0) is 14.1. The summed E-state index contributed by atoms with van der Waals surface area (Å²) in [6, 6.07) is 8.53. The first-order chi connectivity index (χ1) is 9.72. The summed E-state index contributed by atoms with van der Waals surface area (Å²) in [6.07, 6.45) is 5.59. The molecule has 1 aliphatic heterocycles. The number of rotatable bonds is 2. The first-order valence-corrected chi connectivity index (χ1v) is 7.80. The molecule has 1 aliphatic carbocycles. The fourth-order valence-electron chi connectivity index (χ4n) is 4.22. The van der Waals surface area contributed by atoms with Gasteiger partial charge in [-0.3, -0.25) is 0 Å². The van der Waals surface area contributed by atoms with Gasteiger partial charge in [-0.2, -0.15) is 0 Å². The zero-order valence-electron chi connectivity index (χ0n) is 12.1. The van der Waals surface area contributed by atoms with E-state index in [0.29, 0.717) is 19.6 Å². The molecule has 1 saturated heterocycles. The third kappa shape index (κ3) is 2.09. The number of hydrogen-bond acceptors (Lipinski definition) is 3. The highest BCUT2D eigenvalue weighted by Crippen LogP contribution is 2.48. The molecule has 1 aromatic carbocycles. The minimum atomic E-state index is -0.727. The first-order valence-electron chi connectivity index (χ1n) is 7.80. The normalized spacial score (nSPS) is 34.3. The lowest BCUT2D eigenvalue weighted by Crippen LogP contribution is -2.57. The van der Waals surface area contributed by atoms with Crippen LogP contribution in [0.1, 0.15) is 43.2 Å². The van der Waals surface area contributed by atoms with Gasteiger partial charge < -0.3 is 15.6 Å². The van der Waals surface area contributed by atoms with E-state index in [1.54, 1.807) is 0 Å². The van der Waals surface area contributed by atoms with Gasteiger partial charge in [-0.05, 0) is 43.2 Å². The van der Waals surface area contributed by atoms with Crippen LogP contribution >= 0.6 is 0 Å². The van der Waals surface area contributed by atoms with Crippen LogP contribution in [0.15, 0.2) is 24.3 Å². The second kappa shape index (κ2) is 5.47. The largest absolute Gasteiger partial charge is 0.389 e. The molecular weight excluding hydrogens is 250 g/mol. The molecule has 20 heavy (non-hydrogen) atoms. The van der Waals surface area contributed by atoms with E-state index in [1.165, 1.54) is 11.1 Å². The predicted molar refractivity (Wildman–Crippen MR) is 79.7 cm³/mol. The second-order valence-electron chi connectivity index (χ2n) is 6.29. The van der Waals surface area contributed by atoms with Crippen LogP contribution in [-0.2, 0) is 16.6 Å². The number of ether oxygens (including phenoxy) is 1. The van der Waals surface area contributed by atoms with Crippen LogP contribution < -0.4 is 5.73 Å². The van der Waals surface area contributed by atoms with Crippen molar-refractivity contribution in [1.29, 1.82) is 0 Å². The molecule has 0 radical (unpaired) electrons. The van der Waals surface area contributed by atoms with E-state index >= 15 is 0 Å². The SMILES string of the molecule is NCC1(C2(O)CCCOCC2)CCCc2ccccc21. The van der Waals surface area contributed by atoms with Crippen LogP contribution in [0.3, 0.4) is 0 Å². The monoisotopic (exact) mass is 275 g/mol. The topological polar surface area (TPSA) is 55.5 Å². The molecule has 0 amide bonds. The van der Waals surface area contributed by atoms with Crippen molar-refractivity contribution >= 4 is 0 Å². The Morgan fingerprint density at radius 1 is 1.10 bits per heavy atom. The number of aryl methyl sites for hydroxylation is 1. The van der Waals surface area contributed by atoms with Crippen molar-refractivity contribution < 1.29 is 9.84 Å². The molecule has 1 aromatic rings. The van der Waals surface area contributed by atoms with Crippen molar-refractivity contribution in [2.45, 2.75) is 49.5 Å². The van der Waals surface area contributed by atoms with Gasteiger partial charge in [0.25, 0.3) is 0 Å². The molecular formula is C17H25NO2. The van der Waals surface area contributed by atoms with Crippen LogP contribution in [0.4, 0.5) is 0 Å². The summed E-state index contributed by atoms with van der Waals surface area (Å²) >= 11 is 0. The van der Waals surface area contributed by atoms with Crippen molar-refractivity contribution in [3.05, 3.63) is 35.4 Å². The Labute approximate surface area is 121 Å². The first kappa shape index (κ1) is 14.1. The maximum Gasteiger partial charge on any atom is 0.0778 e. The molecule has 3 N–H and O–H groups in total. The van der Waals surface area contributed by atoms with Gasteiger partial charge in [0.15, 0.2) is 0 Å². The number of nitrogens with two attached hydrogens (primary N) is 1. The van der Waals surface area contributed by atoms with Crippen molar-refractivity contribution in [3.8, 4) is 0 Å². The van der Waals surface area contributed by atoms with Gasteiger partial charge >= 0.3 is 0 Å². The van der Waals surface area contributed by atoms with Gasteiger partial charge in [0, 0.05) is 31.6 Å². The van der Waals surface area contributed by atoms with Gasteiger partial charge in [-0.15, -0.1) is 0 Å². The lowest BCUT2D eigenvalue weighted by molar-refractivity contribution is -0.0597. The number of aliphatic hydroxyl groups is 1. The second-order valence-corrected chi connectivity index (χ2v) is 6.29. The lowest BCUT2D eigenvalue weighted by atomic mass is 9.58. The third-order valence-electron chi connectivity index (χ3n) is 5.36. The Hall–Kier alpha value is -0.900. The molecule has 0 spiro atoms. The summed E-state index contributed by atoms with van der Waals surface area (Å²) < 4.78 is 5.56. The van der Waals surface area contributed by atoms with Crippen molar-refractivity contribution in [1.82, 2.24) is 0 Å². The van der Waals surface area contributed by atoms with E-state index in [2.05, 4.69) is 24.3 Å². The summed E-state index contributed by atoms with van der Waals surface area (Å²) in [4.78, 5) is 0. The van der Waals surface area contributed by atoms with Crippen molar-refractivity contribution in [2.75, 3.05) is 19.8 Å². The minimum Gasteiger partial charge on any atom is -0.389 e. The van der Waals surface area contributed by atoms with Crippen LogP contribution in [-0.4, -0.2) is 30.5 Å². The van der Waals surface area contributed by atoms with Gasteiger partial charge in [0.05, 0.1) is 5.60 Å². The summed E-state index contributed by atoms with van der Waals surface area (Å²) in [7, 11) is 0. The van der Waals surface area contributed by atoms with E-state index in [1.807, 2.05) is 0 Å². The molecule has 1 fully saturated rings. The molecule has 110 valence electrons. The van der Waals surface area contributed by atoms with Gasteiger partial charge in [0.2, 0.25) is 0 Å². The average molecular weight is 275 g/mol. The minimum absolute atomic E-state index is 0.296. The van der Waals surface area contributed by atoms with E-state index in [-0.39, 0.29) is 5.41 Å². The van der Waals surface area contributed by atoms with Crippen LogP contribution in [0.5, 0.6) is 0 Å². The molecule has 2 atom stereocenters. The summed E-state index contributed by atoms with van der Waals surface area (Å²) in [5.41, 5.74) is 7.84. The summed E-state index contributed by atoms with van der Waals surface area (Å²) in [5, 5.41) is 11.4. The molecule has 0 bridgehead atoms. The smallest absolute Gasteiger partial charge is 0.0778 e. The molecule has 2 aliphatic rings. The fourth-order valence-corrected chi connectivity index (χ4v) is 4.22. The number of fused-ring (bicyclic) bond motifs is 1. The Kier molecular flexibility index (Phi) is 3.85. The fraction of sp³-hybridized carbons (Fsp3) is 0.647. The maximum absolute atomic E-state index is 11.4. The van der Waals surface area contributed by atoms with E-state index in [0.717, 1.165) is 38.7 Å². The predicted octanol–water partition coefficient (Wildman–Crippen LogP) is 2.15. The lowest BCUT2D eigenvalue weighted by Gasteiger charge is -2.50. The Morgan fingerprint density at radius 3 is 2.80 bits per heavy atom. The number of hydrogen-bond donors (Lipinski definition) is 2. The average Bonchev–Trinajstić information content (AvgIpc) is 2.72. The highest BCUT2D eigenvalue weighted by Gasteiger charge is 2.51. The maximum atomic E-state index is 11.4.